The molecular formula is C12H18N2O2S. The van der Waals surface area contributed by atoms with Crippen LogP contribution >= 0.6 is 0 Å². The minimum Gasteiger partial charge on any atom is -0.366 e. The van der Waals surface area contributed by atoms with E-state index in [-0.39, 0.29) is 0 Å². The lowest BCUT2D eigenvalue weighted by Gasteiger charge is -2.17. The maximum atomic E-state index is 11.8. The van der Waals surface area contributed by atoms with Crippen LogP contribution in [-0.4, -0.2) is 21.4 Å². The molecule has 0 aliphatic carbocycles. The summed E-state index contributed by atoms with van der Waals surface area (Å²) in [5, 5.41) is 0. The van der Waals surface area contributed by atoms with Crippen LogP contribution in [0, 0.1) is 0 Å². The average molecular weight is 254 g/mol. The number of primary amides is 1. The van der Waals surface area contributed by atoms with Gasteiger partial charge in [-0.25, -0.2) is 0 Å². The molecule has 0 spiro atoms. The van der Waals surface area contributed by atoms with Gasteiger partial charge in [0.25, 0.3) is 0 Å². The van der Waals surface area contributed by atoms with Crippen molar-refractivity contribution in [2.24, 2.45) is 11.5 Å². The minimum absolute atomic E-state index is 0.433. The highest BCUT2D eigenvalue weighted by atomic mass is 32.2. The van der Waals surface area contributed by atoms with Gasteiger partial charge in [0, 0.05) is 33.4 Å². The Labute approximate surface area is 104 Å². The Hall–Kier alpha value is -1.20. The van der Waals surface area contributed by atoms with E-state index in [1.807, 2.05) is 13.8 Å². The van der Waals surface area contributed by atoms with Gasteiger partial charge in [-0.1, -0.05) is 12.1 Å². The third-order valence-electron chi connectivity index (χ3n) is 2.10. The number of carbonyl (C=O) groups excluding carboxylic acids is 1. The van der Waals surface area contributed by atoms with E-state index < -0.39 is 22.2 Å². The Balaban J connectivity index is 2.64. The third-order valence-corrected chi connectivity index (χ3v) is 3.82. The minimum atomic E-state index is -0.999. The second kappa shape index (κ2) is 5.42. The van der Waals surface area contributed by atoms with Gasteiger partial charge in [0.1, 0.15) is 0 Å². The van der Waals surface area contributed by atoms with E-state index in [1.165, 1.54) is 0 Å². The molecule has 0 heterocycles. The summed E-state index contributed by atoms with van der Waals surface area (Å²) in [7, 11) is -0.999. The molecule has 4 N–H and O–H groups in total. The Bertz CT molecular complexity index is 421. The van der Waals surface area contributed by atoms with Gasteiger partial charge in [-0.15, -0.1) is 0 Å². The SMILES string of the molecule is CC(C)(N)CS(=O)Cc1ccc(C(N)=O)cc1. The molecule has 0 aliphatic rings. The molecule has 5 heteroatoms. The van der Waals surface area contributed by atoms with Crippen molar-refractivity contribution in [3.8, 4) is 0 Å². The second-order valence-corrected chi connectivity index (χ2v) is 6.24. The van der Waals surface area contributed by atoms with Crippen LogP contribution in [0.3, 0.4) is 0 Å². The zero-order chi connectivity index (χ0) is 13.1. The fourth-order valence-corrected chi connectivity index (χ4v) is 2.91. The van der Waals surface area contributed by atoms with Crippen molar-refractivity contribution < 1.29 is 9.00 Å². The molecule has 0 bridgehead atoms. The molecular weight excluding hydrogens is 236 g/mol. The van der Waals surface area contributed by atoms with Gasteiger partial charge in [-0.05, 0) is 31.5 Å². The molecule has 0 aromatic heterocycles. The molecule has 0 radical (unpaired) electrons. The van der Waals surface area contributed by atoms with Crippen molar-refractivity contribution in [3.05, 3.63) is 35.4 Å². The van der Waals surface area contributed by atoms with E-state index in [0.29, 0.717) is 17.1 Å². The molecule has 1 unspecified atom stereocenters. The zero-order valence-electron chi connectivity index (χ0n) is 10.1. The van der Waals surface area contributed by atoms with Crippen LogP contribution in [0.15, 0.2) is 24.3 Å². The molecule has 1 aromatic rings. The van der Waals surface area contributed by atoms with Crippen molar-refractivity contribution in [1.29, 1.82) is 0 Å². The zero-order valence-corrected chi connectivity index (χ0v) is 10.9. The molecule has 17 heavy (non-hydrogen) atoms. The summed E-state index contributed by atoms with van der Waals surface area (Å²) in [5.41, 5.74) is 11.9. The fourth-order valence-electron chi connectivity index (χ4n) is 1.42. The Morgan fingerprint density at radius 1 is 1.29 bits per heavy atom. The fraction of sp³-hybridized carbons (Fsp3) is 0.417. The molecule has 0 saturated carbocycles. The van der Waals surface area contributed by atoms with E-state index in [0.717, 1.165) is 5.56 Å². The highest BCUT2D eigenvalue weighted by Gasteiger charge is 2.15. The van der Waals surface area contributed by atoms with E-state index in [4.69, 9.17) is 11.5 Å². The second-order valence-electron chi connectivity index (χ2n) is 4.78. The van der Waals surface area contributed by atoms with Gasteiger partial charge in [-0.2, -0.15) is 0 Å². The molecule has 1 aromatic carbocycles. The van der Waals surface area contributed by atoms with Gasteiger partial charge in [-0.3, -0.25) is 9.00 Å². The largest absolute Gasteiger partial charge is 0.366 e. The van der Waals surface area contributed by atoms with Crippen LogP contribution in [0.1, 0.15) is 29.8 Å². The predicted octanol–water partition coefficient (Wildman–Crippen LogP) is 0.771. The number of benzene rings is 1. The van der Waals surface area contributed by atoms with Gasteiger partial charge in [0.2, 0.25) is 5.91 Å². The van der Waals surface area contributed by atoms with Crippen molar-refractivity contribution >= 4 is 16.7 Å². The lowest BCUT2D eigenvalue weighted by atomic mass is 10.1. The molecule has 4 nitrogen and oxygen atoms in total. The number of nitrogens with two attached hydrogens (primary N) is 2. The number of hydrogen-bond donors (Lipinski definition) is 2. The summed E-state index contributed by atoms with van der Waals surface area (Å²) in [5.74, 6) is 0.435. The first-order valence-corrected chi connectivity index (χ1v) is 6.79. The van der Waals surface area contributed by atoms with Crippen LogP contribution in [0.2, 0.25) is 0 Å². The van der Waals surface area contributed by atoms with Crippen molar-refractivity contribution in [3.63, 3.8) is 0 Å². The highest BCUT2D eigenvalue weighted by molar-refractivity contribution is 7.84. The van der Waals surface area contributed by atoms with Crippen molar-refractivity contribution in [2.45, 2.75) is 25.1 Å². The molecule has 0 aliphatic heterocycles. The predicted molar refractivity (Wildman–Crippen MR) is 69.9 cm³/mol. The molecule has 1 rings (SSSR count). The molecule has 94 valence electrons. The van der Waals surface area contributed by atoms with Crippen LogP contribution in [0.4, 0.5) is 0 Å². The number of hydrogen-bond acceptors (Lipinski definition) is 3. The summed E-state index contributed by atoms with van der Waals surface area (Å²) >= 11 is 0. The maximum Gasteiger partial charge on any atom is 0.248 e. The van der Waals surface area contributed by atoms with Gasteiger partial charge < -0.3 is 11.5 Å². The summed E-state index contributed by atoms with van der Waals surface area (Å²) in [6.45, 7) is 3.70. The van der Waals surface area contributed by atoms with Crippen LogP contribution in [-0.2, 0) is 16.6 Å². The lowest BCUT2D eigenvalue weighted by molar-refractivity contribution is 0.100. The quantitative estimate of drug-likeness (QED) is 0.813. The molecule has 0 fully saturated rings. The normalized spacial score (nSPS) is 13.4. The summed E-state index contributed by atoms with van der Waals surface area (Å²) < 4.78 is 11.8. The average Bonchev–Trinajstić information content (AvgIpc) is 2.15. The molecule has 1 atom stereocenters. The Morgan fingerprint density at radius 2 is 1.82 bits per heavy atom. The van der Waals surface area contributed by atoms with Gasteiger partial charge in [0.05, 0.1) is 0 Å². The third kappa shape index (κ3) is 5.10. The smallest absolute Gasteiger partial charge is 0.248 e. The Kier molecular flexibility index (Phi) is 4.42. The highest BCUT2D eigenvalue weighted by Crippen LogP contribution is 2.09. The van der Waals surface area contributed by atoms with E-state index in [1.54, 1.807) is 24.3 Å². The van der Waals surface area contributed by atoms with Crippen LogP contribution < -0.4 is 11.5 Å². The topological polar surface area (TPSA) is 86.2 Å². The van der Waals surface area contributed by atoms with Crippen molar-refractivity contribution in [1.82, 2.24) is 0 Å². The first-order chi connectivity index (χ1) is 7.78. The number of carbonyl (C=O) groups is 1. The lowest BCUT2D eigenvalue weighted by Crippen LogP contribution is -2.38. The van der Waals surface area contributed by atoms with Crippen LogP contribution in [0.5, 0.6) is 0 Å². The van der Waals surface area contributed by atoms with E-state index in [2.05, 4.69) is 0 Å². The molecule has 1 amide bonds. The summed E-state index contributed by atoms with van der Waals surface area (Å²) in [6, 6.07) is 6.81. The standard InChI is InChI=1S/C12H18N2O2S/c1-12(2,14)8-17(16)7-9-3-5-10(6-4-9)11(13)15/h3-6H,7-8,14H2,1-2H3,(H2,13,15). The van der Waals surface area contributed by atoms with Crippen LogP contribution in [0.25, 0.3) is 0 Å². The number of amides is 1. The molecule has 0 saturated heterocycles. The van der Waals surface area contributed by atoms with E-state index >= 15 is 0 Å². The monoisotopic (exact) mass is 254 g/mol. The van der Waals surface area contributed by atoms with Gasteiger partial charge >= 0.3 is 0 Å². The first kappa shape index (κ1) is 13.9. The maximum absolute atomic E-state index is 11.8. The summed E-state index contributed by atoms with van der Waals surface area (Å²) in [4.78, 5) is 10.9. The van der Waals surface area contributed by atoms with Crippen molar-refractivity contribution in [2.75, 3.05) is 5.75 Å². The first-order valence-electron chi connectivity index (χ1n) is 5.30. The van der Waals surface area contributed by atoms with E-state index in [9.17, 15) is 9.00 Å². The summed E-state index contributed by atoms with van der Waals surface area (Å²) in [6.07, 6.45) is 0. The Morgan fingerprint density at radius 3 is 2.24 bits per heavy atom. The number of rotatable bonds is 5. The van der Waals surface area contributed by atoms with Gasteiger partial charge in [0.15, 0.2) is 0 Å².